The van der Waals surface area contributed by atoms with Crippen molar-refractivity contribution in [3.8, 4) is 0 Å². The molecule has 1 nitrogen and oxygen atoms in total. The quantitative estimate of drug-likeness (QED) is 0.628. The van der Waals surface area contributed by atoms with Gasteiger partial charge in [-0.1, -0.05) is 53.4 Å². The van der Waals surface area contributed by atoms with Gasteiger partial charge in [0.2, 0.25) is 0 Å². The molecule has 0 aromatic heterocycles. The standard InChI is InChI=1S/C18H35N/c1-6-7-8-9-10-14(2)19-16-13-15-11-12-18(16,5)17(15,3)4/h14-16,19H,6-13H2,1-5H3. The molecule has 2 saturated carbocycles. The minimum Gasteiger partial charge on any atom is -0.311 e. The third-order valence-electron chi connectivity index (χ3n) is 6.77. The average Bonchev–Trinajstić information content (AvgIpc) is 2.68. The fourth-order valence-electron chi connectivity index (χ4n) is 4.76. The highest BCUT2D eigenvalue weighted by Gasteiger charge is 2.61. The second-order valence-corrected chi connectivity index (χ2v) is 8.08. The second-order valence-electron chi connectivity index (χ2n) is 8.08. The average molecular weight is 265 g/mol. The van der Waals surface area contributed by atoms with E-state index < -0.39 is 0 Å². The Bertz CT molecular complexity index is 296. The van der Waals surface area contributed by atoms with E-state index in [1.807, 2.05) is 0 Å². The minimum absolute atomic E-state index is 0.537. The summed E-state index contributed by atoms with van der Waals surface area (Å²) in [6.07, 6.45) is 11.2. The molecule has 1 N–H and O–H groups in total. The van der Waals surface area contributed by atoms with Crippen LogP contribution in [0.15, 0.2) is 0 Å². The Labute approximate surface area is 120 Å². The van der Waals surface area contributed by atoms with Gasteiger partial charge in [-0.25, -0.2) is 0 Å². The van der Waals surface area contributed by atoms with Crippen molar-refractivity contribution >= 4 is 0 Å². The Hall–Kier alpha value is -0.0400. The molecule has 0 spiro atoms. The lowest BCUT2D eigenvalue weighted by Gasteiger charge is -2.40. The maximum absolute atomic E-state index is 3.98. The van der Waals surface area contributed by atoms with Crippen LogP contribution in [0.5, 0.6) is 0 Å². The number of hydrogen-bond acceptors (Lipinski definition) is 1. The molecule has 0 radical (unpaired) electrons. The van der Waals surface area contributed by atoms with Gasteiger partial charge >= 0.3 is 0 Å². The fraction of sp³-hybridized carbons (Fsp3) is 1.00. The van der Waals surface area contributed by atoms with Crippen LogP contribution in [-0.2, 0) is 0 Å². The van der Waals surface area contributed by atoms with Gasteiger partial charge in [-0.15, -0.1) is 0 Å². The topological polar surface area (TPSA) is 12.0 Å². The molecule has 4 unspecified atom stereocenters. The highest BCUT2D eigenvalue weighted by Crippen LogP contribution is 2.65. The monoisotopic (exact) mass is 265 g/mol. The Kier molecular flexibility index (Phi) is 4.65. The smallest absolute Gasteiger partial charge is 0.0131 e. The van der Waals surface area contributed by atoms with E-state index in [2.05, 4.69) is 39.9 Å². The number of unbranched alkanes of at least 4 members (excludes halogenated alkanes) is 3. The third-order valence-corrected chi connectivity index (χ3v) is 6.77. The summed E-state index contributed by atoms with van der Waals surface area (Å²) in [5, 5.41) is 3.98. The fourth-order valence-corrected chi connectivity index (χ4v) is 4.76. The summed E-state index contributed by atoms with van der Waals surface area (Å²) in [6.45, 7) is 12.3. The van der Waals surface area contributed by atoms with Crippen LogP contribution in [-0.4, -0.2) is 12.1 Å². The van der Waals surface area contributed by atoms with Crippen LogP contribution in [0.4, 0.5) is 0 Å². The molecule has 2 rings (SSSR count). The van der Waals surface area contributed by atoms with Crippen molar-refractivity contribution in [2.24, 2.45) is 16.7 Å². The van der Waals surface area contributed by atoms with Crippen molar-refractivity contribution in [1.82, 2.24) is 5.32 Å². The highest BCUT2D eigenvalue weighted by molar-refractivity contribution is 5.13. The van der Waals surface area contributed by atoms with Gasteiger partial charge in [-0.05, 0) is 49.4 Å². The minimum atomic E-state index is 0.537. The second kappa shape index (κ2) is 5.76. The Balaban J connectivity index is 1.81. The van der Waals surface area contributed by atoms with Gasteiger partial charge < -0.3 is 5.32 Å². The van der Waals surface area contributed by atoms with Gasteiger partial charge in [0.25, 0.3) is 0 Å². The molecule has 0 saturated heterocycles. The normalized spacial score (nSPS) is 37.7. The van der Waals surface area contributed by atoms with Crippen molar-refractivity contribution in [2.75, 3.05) is 0 Å². The van der Waals surface area contributed by atoms with E-state index in [4.69, 9.17) is 0 Å². The molecule has 112 valence electrons. The summed E-state index contributed by atoms with van der Waals surface area (Å²) in [6, 6.07) is 1.47. The van der Waals surface area contributed by atoms with Crippen LogP contribution in [0.3, 0.4) is 0 Å². The molecular weight excluding hydrogens is 230 g/mol. The lowest BCUT2D eigenvalue weighted by molar-refractivity contribution is 0.115. The Morgan fingerprint density at radius 1 is 1.16 bits per heavy atom. The van der Waals surface area contributed by atoms with E-state index >= 15 is 0 Å². The first-order valence-electron chi connectivity index (χ1n) is 8.68. The van der Waals surface area contributed by atoms with Crippen molar-refractivity contribution < 1.29 is 0 Å². The Morgan fingerprint density at radius 2 is 1.89 bits per heavy atom. The van der Waals surface area contributed by atoms with Gasteiger partial charge in [-0.3, -0.25) is 0 Å². The Morgan fingerprint density at radius 3 is 2.42 bits per heavy atom. The van der Waals surface area contributed by atoms with E-state index in [0.717, 1.165) is 12.0 Å². The predicted octanol–water partition coefficient (Wildman–Crippen LogP) is 5.15. The molecule has 1 heteroatoms. The van der Waals surface area contributed by atoms with Crippen molar-refractivity contribution in [3.63, 3.8) is 0 Å². The van der Waals surface area contributed by atoms with Crippen LogP contribution in [0, 0.1) is 16.7 Å². The zero-order valence-corrected chi connectivity index (χ0v) is 13.9. The molecule has 0 heterocycles. The van der Waals surface area contributed by atoms with Gasteiger partial charge in [0.15, 0.2) is 0 Å². The maximum atomic E-state index is 3.98. The lowest BCUT2D eigenvalue weighted by atomic mass is 9.69. The summed E-state index contributed by atoms with van der Waals surface area (Å²) in [4.78, 5) is 0. The van der Waals surface area contributed by atoms with Crippen molar-refractivity contribution in [2.45, 2.75) is 98.1 Å². The molecule has 0 aromatic rings. The van der Waals surface area contributed by atoms with Gasteiger partial charge in [0.1, 0.15) is 0 Å². The molecule has 19 heavy (non-hydrogen) atoms. The van der Waals surface area contributed by atoms with E-state index in [0.29, 0.717) is 16.9 Å². The summed E-state index contributed by atoms with van der Waals surface area (Å²) in [5.41, 5.74) is 1.09. The molecule has 0 aromatic carbocycles. The van der Waals surface area contributed by atoms with Crippen molar-refractivity contribution in [3.05, 3.63) is 0 Å². The number of rotatable bonds is 7. The summed E-state index contributed by atoms with van der Waals surface area (Å²) < 4.78 is 0. The number of nitrogens with one attached hydrogen (secondary N) is 1. The molecule has 0 amide bonds. The molecule has 2 aliphatic rings. The first-order chi connectivity index (χ1) is 8.91. The predicted molar refractivity (Wildman–Crippen MR) is 84.4 cm³/mol. The summed E-state index contributed by atoms with van der Waals surface area (Å²) in [5.74, 6) is 0.960. The van der Waals surface area contributed by atoms with E-state index in [1.165, 1.54) is 51.4 Å². The maximum Gasteiger partial charge on any atom is 0.0131 e. The SMILES string of the molecule is CCCCCCC(C)NC1CC2CCC1(C)C2(C)C. The van der Waals surface area contributed by atoms with Crippen LogP contribution >= 0.6 is 0 Å². The van der Waals surface area contributed by atoms with Crippen LogP contribution in [0.1, 0.15) is 86.0 Å². The zero-order valence-electron chi connectivity index (χ0n) is 13.9. The molecular formula is C18H35N. The first-order valence-corrected chi connectivity index (χ1v) is 8.68. The molecule has 4 atom stereocenters. The van der Waals surface area contributed by atoms with E-state index in [1.54, 1.807) is 0 Å². The first kappa shape index (κ1) is 15.4. The molecule has 2 aliphatic carbocycles. The lowest BCUT2D eigenvalue weighted by Crippen LogP contribution is -2.47. The molecule has 0 aliphatic heterocycles. The summed E-state index contributed by atoms with van der Waals surface area (Å²) >= 11 is 0. The summed E-state index contributed by atoms with van der Waals surface area (Å²) in [7, 11) is 0. The van der Waals surface area contributed by atoms with Crippen LogP contribution < -0.4 is 5.32 Å². The van der Waals surface area contributed by atoms with E-state index in [9.17, 15) is 0 Å². The molecule has 2 fully saturated rings. The van der Waals surface area contributed by atoms with E-state index in [-0.39, 0.29) is 0 Å². The zero-order chi connectivity index (χ0) is 14.1. The number of fused-ring (bicyclic) bond motifs is 2. The van der Waals surface area contributed by atoms with Gasteiger partial charge in [0.05, 0.1) is 0 Å². The van der Waals surface area contributed by atoms with Gasteiger partial charge in [0, 0.05) is 12.1 Å². The highest BCUT2D eigenvalue weighted by atomic mass is 15.0. The van der Waals surface area contributed by atoms with Gasteiger partial charge in [-0.2, -0.15) is 0 Å². The molecule has 2 bridgehead atoms. The largest absolute Gasteiger partial charge is 0.311 e. The van der Waals surface area contributed by atoms with Crippen LogP contribution in [0.2, 0.25) is 0 Å². The van der Waals surface area contributed by atoms with Crippen LogP contribution in [0.25, 0.3) is 0 Å². The third kappa shape index (κ3) is 2.73. The van der Waals surface area contributed by atoms with Crippen molar-refractivity contribution in [1.29, 1.82) is 0 Å². The number of hydrogen-bond donors (Lipinski definition) is 1.